The van der Waals surface area contributed by atoms with E-state index >= 15 is 0 Å². The van der Waals surface area contributed by atoms with Crippen LogP contribution in [0.3, 0.4) is 0 Å². The molecular weight excluding hydrogens is 340 g/mol. The highest BCUT2D eigenvalue weighted by molar-refractivity contribution is 6.99. The monoisotopic (exact) mass is 370 g/mol. The van der Waals surface area contributed by atoms with Crippen molar-refractivity contribution in [2.24, 2.45) is 5.92 Å². The van der Waals surface area contributed by atoms with Gasteiger partial charge in [-0.15, -0.1) is 0 Å². The molecule has 0 radical (unpaired) electrons. The van der Waals surface area contributed by atoms with Crippen LogP contribution in [-0.4, -0.2) is 41.4 Å². The van der Waals surface area contributed by atoms with E-state index in [-0.39, 0.29) is 17.1 Å². The van der Waals surface area contributed by atoms with Crippen molar-refractivity contribution in [3.63, 3.8) is 0 Å². The fourth-order valence-corrected chi connectivity index (χ4v) is 8.61. The van der Waals surface area contributed by atoms with Crippen molar-refractivity contribution in [2.45, 2.75) is 31.9 Å². The Morgan fingerprint density at radius 2 is 1.46 bits per heavy atom. The molecule has 0 unspecified atom stereocenters. The number of benzene rings is 2. The lowest BCUT2D eigenvalue weighted by molar-refractivity contribution is 0.0533. The van der Waals surface area contributed by atoms with Crippen LogP contribution in [0.5, 0.6) is 0 Å². The van der Waals surface area contributed by atoms with Crippen LogP contribution >= 0.6 is 0 Å². The summed E-state index contributed by atoms with van der Waals surface area (Å²) in [4.78, 5) is 0. The Morgan fingerprint density at radius 1 is 0.923 bits per heavy atom. The van der Waals surface area contributed by atoms with Gasteiger partial charge in [0.15, 0.2) is 0 Å². The molecule has 3 nitrogen and oxygen atoms in total. The molecule has 140 valence electrons. The van der Waals surface area contributed by atoms with Crippen molar-refractivity contribution in [1.29, 1.82) is 0 Å². The predicted octanol–water partition coefficient (Wildman–Crippen LogP) is 3.22. The van der Waals surface area contributed by atoms with Crippen molar-refractivity contribution < 1.29 is 13.9 Å². The van der Waals surface area contributed by atoms with Crippen LogP contribution in [0.1, 0.15) is 20.8 Å². The molecule has 0 aliphatic carbocycles. The van der Waals surface area contributed by atoms with Crippen LogP contribution < -0.4 is 10.4 Å². The van der Waals surface area contributed by atoms with E-state index < -0.39 is 8.32 Å². The lowest BCUT2D eigenvalue weighted by atomic mass is 10.1. The van der Waals surface area contributed by atoms with Crippen molar-refractivity contribution in [1.82, 2.24) is 0 Å². The van der Waals surface area contributed by atoms with E-state index in [2.05, 4.69) is 81.4 Å². The zero-order valence-corrected chi connectivity index (χ0v) is 17.3. The molecule has 0 aromatic heterocycles. The second-order valence-electron chi connectivity index (χ2n) is 8.05. The van der Waals surface area contributed by atoms with Crippen LogP contribution in [0.2, 0.25) is 5.04 Å². The summed E-state index contributed by atoms with van der Waals surface area (Å²) in [6.07, 6.45) is 0.119. The van der Waals surface area contributed by atoms with Gasteiger partial charge in [0, 0.05) is 19.6 Å². The van der Waals surface area contributed by atoms with E-state index in [1.165, 1.54) is 10.4 Å². The van der Waals surface area contributed by atoms with Crippen LogP contribution in [-0.2, 0) is 13.9 Å². The van der Waals surface area contributed by atoms with Gasteiger partial charge in [0.25, 0.3) is 8.32 Å². The van der Waals surface area contributed by atoms with Crippen molar-refractivity contribution in [3.8, 4) is 0 Å². The topological polar surface area (TPSA) is 27.7 Å². The summed E-state index contributed by atoms with van der Waals surface area (Å²) in [6.45, 7) is 8.93. The third-order valence-corrected chi connectivity index (χ3v) is 10.4. The van der Waals surface area contributed by atoms with Gasteiger partial charge in [0.1, 0.15) is 0 Å². The van der Waals surface area contributed by atoms with Gasteiger partial charge >= 0.3 is 0 Å². The Bertz CT molecular complexity index is 642. The lowest BCUT2D eigenvalue weighted by Gasteiger charge is -2.43. The average Bonchev–Trinajstić information content (AvgIpc) is 3.10. The van der Waals surface area contributed by atoms with Crippen LogP contribution in [0.15, 0.2) is 60.7 Å². The summed E-state index contributed by atoms with van der Waals surface area (Å²) in [5.74, 6) is 0.279. The number of hydrogen-bond acceptors (Lipinski definition) is 3. The number of methoxy groups -OCH3 is 1. The smallest absolute Gasteiger partial charge is 0.261 e. The maximum absolute atomic E-state index is 6.96. The summed E-state index contributed by atoms with van der Waals surface area (Å²) < 4.78 is 18.2. The third kappa shape index (κ3) is 3.65. The van der Waals surface area contributed by atoms with Gasteiger partial charge in [-0.25, -0.2) is 0 Å². The summed E-state index contributed by atoms with van der Waals surface area (Å²) in [7, 11) is -0.711. The van der Waals surface area contributed by atoms with E-state index in [1.54, 1.807) is 7.11 Å². The van der Waals surface area contributed by atoms with Crippen molar-refractivity contribution in [2.75, 3.05) is 26.9 Å². The van der Waals surface area contributed by atoms with Crippen LogP contribution in [0.4, 0.5) is 0 Å². The highest BCUT2D eigenvalue weighted by Gasteiger charge is 2.50. The third-order valence-electron chi connectivity index (χ3n) is 5.37. The van der Waals surface area contributed by atoms with Gasteiger partial charge in [-0.05, 0) is 15.4 Å². The van der Waals surface area contributed by atoms with E-state index in [0.29, 0.717) is 19.8 Å². The molecule has 0 N–H and O–H groups in total. The molecule has 0 saturated carbocycles. The minimum Gasteiger partial charge on any atom is -0.407 e. The highest BCUT2D eigenvalue weighted by atomic mass is 28.4. The minimum absolute atomic E-state index is 0.00225. The maximum Gasteiger partial charge on any atom is 0.261 e. The number of ether oxygens (including phenoxy) is 2. The Labute approximate surface area is 158 Å². The predicted molar refractivity (Wildman–Crippen MR) is 109 cm³/mol. The molecule has 1 heterocycles. The Balaban J connectivity index is 2.03. The largest absolute Gasteiger partial charge is 0.407 e. The maximum atomic E-state index is 6.96. The van der Waals surface area contributed by atoms with E-state index in [4.69, 9.17) is 13.9 Å². The molecule has 2 aromatic carbocycles. The molecule has 4 heteroatoms. The number of hydrogen-bond donors (Lipinski definition) is 0. The first-order chi connectivity index (χ1) is 12.5. The quantitative estimate of drug-likeness (QED) is 0.731. The fraction of sp³-hybridized carbons (Fsp3) is 0.455. The SMILES string of the molecule is CO[C@H]1COC[C@H]1CO[Si](c1ccccc1)(c1ccccc1)C(C)(C)C. The molecule has 0 spiro atoms. The second kappa shape index (κ2) is 8.05. The standard InChI is InChI=1S/C22H30O3Si/c1-22(2,3)26(19-11-7-5-8-12-19,20-13-9-6-10-14-20)25-16-18-15-24-17-21(18)23-4/h5-14,18,21H,15-17H2,1-4H3/t18-,21-/m0/s1. The Hall–Kier alpha value is -1.46. The van der Waals surface area contributed by atoms with Crippen LogP contribution in [0.25, 0.3) is 0 Å². The first-order valence-corrected chi connectivity index (χ1v) is 11.3. The van der Waals surface area contributed by atoms with Gasteiger partial charge in [-0.1, -0.05) is 81.4 Å². The molecule has 1 fully saturated rings. The fourth-order valence-electron chi connectivity index (χ4n) is 3.99. The van der Waals surface area contributed by atoms with Crippen molar-refractivity contribution in [3.05, 3.63) is 60.7 Å². The van der Waals surface area contributed by atoms with E-state index in [0.717, 1.165) is 0 Å². The molecule has 1 saturated heterocycles. The molecule has 3 rings (SSSR count). The zero-order valence-electron chi connectivity index (χ0n) is 16.3. The summed E-state index contributed by atoms with van der Waals surface area (Å²) in [6, 6.07) is 21.5. The van der Waals surface area contributed by atoms with Gasteiger partial charge in [-0.2, -0.15) is 0 Å². The van der Waals surface area contributed by atoms with Gasteiger partial charge < -0.3 is 13.9 Å². The van der Waals surface area contributed by atoms with Gasteiger partial charge in [0.2, 0.25) is 0 Å². The normalized spacial score (nSPS) is 21.1. The van der Waals surface area contributed by atoms with E-state index in [9.17, 15) is 0 Å². The summed E-state index contributed by atoms with van der Waals surface area (Å²) in [5, 5.41) is 2.62. The van der Waals surface area contributed by atoms with Gasteiger partial charge in [0.05, 0.1) is 19.3 Å². The molecule has 1 aliphatic rings. The second-order valence-corrected chi connectivity index (χ2v) is 12.4. The highest BCUT2D eigenvalue weighted by Crippen LogP contribution is 2.37. The first kappa shape index (κ1) is 19.3. The molecule has 2 atom stereocenters. The first-order valence-electron chi connectivity index (χ1n) is 9.34. The molecule has 0 amide bonds. The molecule has 1 aliphatic heterocycles. The van der Waals surface area contributed by atoms with Crippen molar-refractivity contribution >= 4 is 18.7 Å². The molecule has 0 bridgehead atoms. The van der Waals surface area contributed by atoms with Crippen LogP contribution in [0, 0.1) is 5.92 Å². The molecule has 26 heavy (non-hydrogen) atoms. The Kier molecular flexibility index (Phi) is 5.98. The minimum atomic E-state index is -2.47. The molecule has 2 aromatic rings. The van der Waals surface area contributed by atoms with E-state index in [1.807, 2.05) is 0 Å². The van der Waals surface area contributed by atoms with Gasteiger partial charge in [-0.3, -0.25) is 0 Å². The zero-order chi connectivity index (χ0) is 18.6. The summed E-state index contributed by atoms with van der Waals surface area (Å²) in [5.41, 5.74) is 0. The lowest BCUT2D eigenvalue weighted by Crippen LogP contribution is -2.67. The number of rotatable bonds is 6. The Morgan fingerprint density at radius 3 is 1.92 bits per heavy atom. The molecular formula is C22H30O3Si. The summed E-state index contributed by atoms with van der Waals surface area (Å²) >= 11 is 0. The average molecular weight is 371 g/mol.